The Morgan fingerprint density at radius 1 is 1.00 bits per heavy atom. The van der Waals surface area contributed by atoms with E-state index in [0.29, 0.717) is 17.7 Å². The van der Waals surface area contributed by atoms with E-state index in [1.165, 1.54) is 18.2 Å². The highest BCUT2D eigenvalue weighted by Crippen LogP contribution is 2.19. The number of sulfone groups is 1. The highest BCUT2D eigenvalue weighted by Gasteiger charge is 2.16. The first kappa shape index (κ1) is 19.6. The molecule has 0 unspecified atom stereocenters. The number of esters is 1. The molecule has 0 bridgehead atoms. The number of ether oxygens (including phenoxy) is 1. The van der Waals surface area contributed by atoms with E-state index < -0.39 is 15.8 Å². The molecule has 5 nitrogen and oxygen atoms in total. The largest absolute Gasteiger partial charge is 0.462 e. The van der Waals surface area contributed by atoms with Crippen LogP contribution in [0.4, 0.5) is 0 Å². The van der Waals surface area contributed by atoms with Crippen LogP contribution in [-0.4, -0.2) is 25.6 Å². The molecule has 0 aliphatic heterocycles. The van der Waals surface area contributed by atoms with Crippen molar-refractivity contribution in [2.24, 2.45) is 0 Å². The van der Waals surface area contributed by atoms with Gasteiger partial charge in [0.15, 0.2) is 9.84 Å². The minimum absolute atomic E-state index is 0.202. The van der Waals surface area contributed by atoms with Gasteiger partial charge in [0.2, 0.25) is 0 Å². The predicted molar refractivity (Wildman–Crippen MR) is 109 cm³/mol. The van der Waals surface area contributed by atoms with Crippen molar-refractivity contribution in [2.45, 2.75) is 18.4 Å². The van der Waals surface area contributed by atoms with Gasteiger partial charge in [-0.05, 0) is 30.7 Å². The lowest BCUT2D eigenvalue weighted by atomic mass is 10.2. The summed E-state index contributed by atoms with van der Waals surface area (Å²) in [4.78, 5) is 12.5. The molecule has 0 fully saturated rings. The molecule has 3 aromatic rings. The molecule has 0 saturated heterocycles. The van der Waals surface area contributed by atoms with Crippen LogP contribution in [0.5, 0.6) is 0 Å². The maximum absolute atomic E-state index is 12.5. The quantitative estimate of drug-likeness (QED) is 0.564. The molecular weight excluding hydrogens is 374 g/mol. The topological polar surface area (TPSA) is 65.4 Å². The molecule has 0 amide bonds. The van der Waals surface area contributed by atoms with Crippen LogP contribution in [0.1, 0.15) is 28.4 Å². The SMILES string of the molecule is CCOC(=O)c1cn(Cc2ccccc2)cc1/C=C/S(=O)(=O)c1ccccc1. The number of rotatable bonds is 7. The number of hydrogen-bond donors (Lipinski definition) is 0. The molecule has 0 radical (unpaired) electrons. The molecule has 6 heteroatoms. The zero-order valence-corrected chi connectivity index (χ0v) is 16.3. The van der Waals surface area contributed by atoms with Gasteiger partial charge in [0, 0.05) is 29.9 Å². The van der Waals surface area contributed by atoms with Crippen molar-refractivity contribution in [2.75, 3.05) is 6.61 Å². The van der Waals surface area contributed by atoms with E-state index in [0.717, 1.165) is 11.0 Å². The van der Waals surface area contributed by atoms with Crippen LogP contribution < -0.4 is 0 Å². The number of aromatic nitrogens is 1. The van der Waals surface area contributed by atoms with E-state index in [-0.39, 0.29) is 11.5 Å². The van der Waals surface area contributed by atoms with E-state index in [1.54, 1.807) is 37.5 Å². The molecule has 0 spiro atoms. The van der Waals surface area contributed by atoms with E-state index in [4.69, 9.17) is 4.74 Å². The van der Waals surface area contributed by atoms with Gasteiger partial charge in [0.1, 0.15) is 0 Å². The standard InChI is InChI=1S/C22H21NO4S/c1-2-27-22(24)21-17-23(15-18-9-5-3-6-10-18)16-19(21)13-14-28(25,26)20-11-7-4-8-12-20/h3-14,16-17H,2,15H2,1H3/b14-13+. The monoisotopic (exact) mass is 395 g/mol. The zero-order chi connectivity index (χ0) is 20.0. The van der Waals surface area contributed by atoms with Crippen LogP contribution in [0.15, 0.2) is 83.4 Å². The lowest BCUT2D eigenvalue weighted by Crippen LogP contribution is -2.05. The van der Waals surface area contributed by atoms with Crippen LogP contribution in [-0.2, 0) is 21.1 Å². The van der Waals surface area contributed by atoms with Gasteiger partial charge in [-0.15, -0.1) is 0 Å². The molecule has 0 aliphatic carbocycles. The van der Waals surface area contributed by atoms with Crippen LogP contribution in [0.3, 0.4) is 0 Å². The maximum Gasteiger partial charge on any atom is 0.340 e. The molecule has 0 N–H and O–H groups in total. The Labute approximate surface area is 164 Å². The van der Waals surface area contributed by atoms with E-state index in [9.17, 15) is 13.2 Å². The molecule has 0 aliphatic rings. The highest BCUT2D eigenvalue weighted by atomic mass is 32.2. The lowest BCUT2D eigenvalue weighted by molar-refractivity contribution is 0.0526. The summed E-state index contributed by atoms with van der Waals surface area (Å²) in [6, 6.07) is 18.0. The second-order valence-electron chi connectivity index (χ2n) is 6.17. The van der Waals surface area contributed by atoms with Crippen molar-refractivity contribution in [3.8, 4) is 0 Å². The summed E-state index contributed by atoms with van der Waals surface area (Å²) in [6.45, 7) is 2.54. The number of nitrogens with zero attached hydrogens (tertiary/aromatic N) is 1. The van der Waals surface area contributed by atoms with Gasteiger partial charge < -0.3 is 9.30 Å². The van der Waals surface area contributed by atoms with Crippen molar-refractivity contribution in [3.05, 3.63) is 95.2 Å². The fourth-order valence-corrected chi connectivity index (χ4v) is 3.79. The molecule has 28 heavy (non-hydrogen) atoms. The molecule has 1 aromatic heterocycles. The summed E-state index contributed by atoms with van der Waals surface area (Å²) >= 11 is 0. The zero-order valence-electron chi connectivity index (χ0n) is 15.5. The maximum atomic E-state index is 12.5. The smallest absolute Gasteiger partial charge is 0.340 e. The molecule has 0 atom stereocenters. The van der Waals surface area contributed by atoms with Gasteiger partial charge in [-0.3, -0.25) is 0 Å². The van der Waals surface area contributed by atoms with Crippen molar-refractivity contribution in [1.82, 2.24) is 4.57 Å². The summed E-state index contributed by atoms with van der Waals surface area (Å²) < 4.78 is 32.0. The number of carbonyl (C=O) groups excluding carboxylic acids is 1. The van der Waals surface area contributed by atoms with Gasteiger partial charge in [0.25, 0.3) is 0 Å². The second-order valence-corrected chi connectivity index (χ2v) is 8.00. The Kier molecular flexibility index (Phi) is 6.11. The van der Waals surface area contributed by atoms with Crippen molar-refractivity contribution in [3.63, 3.8) is 0 Å². The van der Waals surface area contributed by atoms with Crippen LogP contribution in [0.25, 0.3) is 6.08 Å². The van der Waals surface area contributed by atoms with Crippen LogP contribution >= 0.6 is 0 Å². The number of hydrogen-bond acceptors (Lipinski definition) is 4. The van der Waals surface area contributed by atoms with Gasteiger partial charge >= 0.3 is 5.97 Å². The third kappa shape index (κ3) is 4.78. The highest BCUT2D eigenvalue weighted by molar-refractivity contribution is 7.94. The van der Waals surface area contributed by atoms with E-state index in [1.807, 2.05) is 34.9 Å². The Morgan fingerprint density at radius 3 is 2.29 bits per heavy atom. The van der Waals surface area contributed by atoms with Crippen molar-refractivity contribution in [1.29, 1.82) is 0 Å². The molecule has 144 valence electrons. The first-order valence-electron chi connectivity index (χ1n) is 8.88. The summed E-state index contributed by atoms with van der Waals surface area (Å²) in [5.41, 5.74) is 1.89. The Morgan fingerprint density at radius 2 is 1.64 bits per heavy atom. The molecular formula is C22H21NO4S. The summed E-state index contributed by atoms with van der Waals surface area (Å²) in [5, 5.41) is 1.12. The summed E-state index contributed by atoms with van der Waals surface area (Å²) in [5.74, 6) is -0.480. The number of benzene rings is 2. The normalized spacial score (nSPS) is 11.6. The fourth-order valence-electron chi connectivity index (χ4n) is 2.78. The molecule has 1 heterocycles. The van der Waals surface area contributed by atoms with Gasteiger partial charge in [0.05, 0.1) is 17.1 Å². The van der Waals surface area contributed by atoms with Gasteiger partial charge in [-0.2, -0.15) is 0 Å². The Balaban J connectivity index is 1.93. The molecule has 3 rings (SSSR count). The third-order valence-electron chi connectivity index (χ3n) is 4.11. The Bertz CT molecular complexity index is 1070. The Hall–Kier alpha value is -3.12. The number of carbonyl (C=O) groups is 1. The summed E-state index contributed by atoms with van der Waals surface area (Å²) in [6.07, 6.45) is 4.87. The average molecular weight is 395 g/mol. The van der Waals surface area contributed by atoms with Crippen LogP contribution in [0.2, 0.25) is 0 Å². The average Bonchev–Trinajstić information content (AvgIpc) is 3.11. The minimum Gasteiger partial charge on any atom is -0.462 e. The van der Waals surface area contributed by atoms with Crippen molar-refractivity contribution < 1.29 is 17.9 Å². The lowest BCUT2D eigenvalue weighted by Gasteiger charge is -2.02. The third-order valence-corrected chi connectivity index (χ3v) is 5.54. The first-order valence-corrected chi connectivity index (χ1v) is 10.4. The predicted octanol–water partition coefficient (Wildman–Crippen LogP) is 4.16. The van der Waals surface area contributed by atoms with E-state index in [2.05, 4.69) is 0 Å². The minimum atomic E-state index is -3.60. The fraction of sp³-hybridized carbons (Fsp3) is 0.136. The summed E-state index contributed by atoms with van der Waals surface area (Å²) in [7, 11) is -3.60. The first-order chi connectivity index (χ1) is 13.5. The molecule has 0 saturated carbocycles. The van der Waals surface area contributed by atoms with Gasteiger partial charge in [-0.25, -0.2) is 13.2 Å². The van der Waals surface area contributed by atoms with E-state index >= 15 is 0 Å². The van der Waals surface area contributed by atoms with Crippen LogP contribution in [0, 0.1) is 0 Å². The molecule has 2 aromatic carbocycles. The van der Waals surface area contributed by atoms with Gasteiger partial charge in [-0.1, -0.05) is 48.5 Å². The second kappa shape index (κ2) is 8.71. The van der Waals surface area contributed by atoms with Crippen molar-refractivity contribution >= 4 is 21.9 Å².